The molecule has 0 spiro atoms. The number of piperidine rings is 1. The predicted molar refractivity (Wildman–Crippen MR) is 163 cm³/mol. The lowest BCUT2D eigenvalue weighted by Gasteiger charge is -2.38. The number of hydrogen-bond donors (Lipinski definition) is 2. The number of likely N-dealkylation sites (tertiary alicyclic amines) is 1. The molecule has 6 rings (SSSR count). The van der Waals surface area contributed by atoms with Gasteiger partial charge in [-0.05, 0) is 30.0 Å². The van der Waals surface area contributed by atoms with Crippen molar-refractivity contribution in [3.63, 3.8) is 0 Å². The molecule has 2 aromatic carbocycles. The van der Waals surface area contributed by atoms with Gasteiger partial charge in [0.05, 0.1) is 34.6 Å². The van der Waals surface area contributed by atoms with Crippen molar-refractivity contribution in [2.75, 3.05) is 13.1 Å². The van der Waals surface area contributed by atoms with Gasteiger partial charge in [0.2, 0.25) is 5.91 Å². The van der Waals surface area contributed by atoms with E-state index in [-0.39, 0.29) is 29.3 Å². The third-order valence-corrected chi connectivity index (χ3v) is 8.82. The first-order chi connectivity index (χ1) is 20.7. The maximum absolute atomic E-state index is 14.9. The highest BCUT2D eigenvalue weighted by molar-refractivity contribution is 7.13. The molecule has 1 aliphatic rings. The van der Waals surface area contributed by atoms with Gasteiger partial charge in [0.1, 0.15) is 11.3 Å². The minimum atomic E-state index is -1.09. The summed E-state index contributed by atoms with van der Waals surface area (Å²) in [5, 5.41) is 18.6. The Hall–Kier alpha value is -4.26. The Labute approximate surface area is 251 Å². The fourth-order valence-electron chi connectivity index (χ4n) is 5.57. The number of aliphatic hydroxyl groups is 1. The first-order valence-electron chi connectivity index (χ1n) is 14.1. The normalized spacial score (nSPS) is 15.2. The zero-order valence-electron chi connectivity index (χ0n) is 24.0. The smallest absolute Gasteiger partial charge is 0.281 e. The average Bonchev–Trinajstić information content (AvgIpc) is 3.65. The summed E-state index contributed by atoms with van der Waals surface area (Å²) in [6, 6.07) is 12.9. The van der Waals surface area contributed by atoms with E-state index in [2.05, 4.69) is 25.3 Å². The molecule has 0 radical (unpaired) electrons. The number of fused-ring (bicyclic) bond motifs is 1. The molecule has 0 saturated carbocycles. The summed E-state index contributed by atoms with van der Waals surface area (Å²) in [6.07, 6.45) is 4.09. The van der Waals surface area contributed by atoms with E-state index in [9.17, 15) is 19.1 Å². The molecule has 222 valence electrons. The van der Waals surface area contributed by atoms with E-state index in [0.29, 0.717) is 55.8 Å². The molecule has 0 bridgehead atoms. The summed E-state index contributed by atoms with van der Waals surface area (Å²) in [5.41, 5.74) is 4.98. The number of rotatable bonds is 8. The number of carbonyl (C=O) groups excluding carboxylic acids is 1. The highest BCUT2D eigenvalue weighted by Gasteiger charge is 2.33. The highest BCUT2D eigenvalue weighted by Crippen LogP contribution is 2.29. The number of amides is 1. The Morgan fingerprint density at radius 1 is 1.12 bits per heavy atom. The fraction of sp³-hybridized carbons (Fsp3) is 0.323. The van der Waals surface area contributed by atoms with E-state index in [1.165, 1.54) is 29.2 Å². The SMILES string of the molecule is CC(=O)NCc1ccc(-c2c3ncn(CC4(O)CCN(Cc5ccc(-c6cncs6)cc5F)CC4)c(=O)c3nn2C)cc1. The maximum atomic E-state index is 14.9. The Bertz CT molecular complexity index is 1820. The Balaban J connectivity index is 1.13. The molecule has 1 fully saturated rings. The van der Waals surface area contributed by atoms with Crippen LogP contribution >= 0.6 is 11.3 Å². The first-order valence-corrected chi connectivity index (χ1v) is 14.9. The lowest BCUT2D eigenvalue weighted by Crippen LogP contribution is -2.47. The fourth-order valence-corrected chi connectivity index (χ4v) is 6.19. The second-order valence-electron chi connectivity index (χ2n) is 11.1. The van der Waals surface area contributed by atoms with Crippen LogP contribution in [-0.4, -0.2) is 58.9 Å². The molecule has 43 heavy (non-hydrogen) atoms. The Kier molecular flexibility index (Phi) is 7.91. The highest BCUT2D eigenvalue weighted by atomic mass is 32.1. The third-order valence-electron chi connectivity index (χ3n) is 8.00. The number of aryl methyl sites for hydroxylation is 1. The van der Waals surface area contributed by atoms with Gasteiger partial charge in [0, 0.05) is 57.5 Å². The minimum absolute atomic E-state index is 0.0955. The van der Waals surface area contributed by atoms with Crippen LogP contribution in [0.1, 0.15) is 30.9 Å². The van der Waals surface area contributed by atoms with Crippen LogP contribution in [0.4, 0.5) is 4.39 Å². The van der Waals surface area contributed by atoms with Gasteiger partial charge in [-0.2, -0.15) is 5.10 Å². The Morgan fingerprint density at radius 3 is 2.53 bits per heavy atom. The molecule has 0 aliphatic carbocycles. The van der Waals surface area contributed by atoms with Crippen LogP contribution < -0.4 is 10.9 Å². The zero-order chi connectivity index (χ0) is 30.1. The predicted octanol–water partition coefficient (Wildman–Crippen LogP) is 3.72. The molecular formula is C31H32FN7O3S. The molecule has 1 amide bonds. The number of aromatic nitrogens is 5. The molecule has 4 heterocycles. The third kappa shape index (κ3) is 6.12. The van der Waals surface area contributed by atoms with Gasteiger partial charge in [0.15, 0.2) is 5.52 Å². The van der Waals surface area contributed by atoms with E-state index in [0.717, 1.165) is 21.6 Å². The lowest BCUT2D eigenvalue weighted by molar-refractivity contribution is -0.119. The largest absolute Gasteiger partial charge is 0.388 e. The molecule has 2 N–H and O–H groups in total. The molecule has 3 aromatic heterocycles. The number of thiazole rings is 1. The molecule has 5 aromatic rings. The van der Waals surface area contributed by atoms with Gasteiger partial charge in [-0.1, -0.05) is 36.4 Å². The van der Waals surface area contributed by atoms with E-state index in [1.807, 2.05) is 36.4 Å². The molecule has 0 unspecified atom stereocenters. The van der Waals surface area contributed by atoms with Crippen molar-refractivity contribution in [2.45, 2.75) is 45.0 Å². The number of nitrogens with one attached hydrogen (secondary N) is 1. The zero-order valence-corrected chi connectivity index (χ0v) is 24.8. The summed E-state index contributed by atoms with van der Waals surface area (Å²) in [6.45, 7) is 3.60. The van der Waals surface area contributed by atoms with E-state index in [4.69, 9.17) is 0 Å². The van der Waals surface area contributed by atoms with Gasteiger partial charge in [-0.3, -0.25) is 28.7 Å². The molecule has 1 aliphatic heterocycles. The molecular weight excluding hydrogens is 569 g/mol. The quantitative estimate of drug-likeness (QED) is 0.278. The van der Waals surface area contributed by atoms with Gasteiger partial charge in [-0.25, -0.2) is 9.37 Å². The first kappa shape index (κ1) is 28.8. The Morgan fingerprint density at radius 2 is 1.86 bits per heavy atom. The summed E-state index contributed by atoms with van der Waals surface area (Å²) < 4.78 is 17.9. The molecule has 0 atom stereocenters. The summed E-state index contributed by atoms with van der Waals surface area (Å²) in [5.74, 6) is -0.352. The summed E-state index contributed by atoms with van der Waals surface area (Å²) in [7, 11) is 1.77. The van der Waals surface area contributed by atoms with Gasteiger partial charge in [0.25, 0.3) is 5.56 Å². The standard InChI is InChI=1S/C31H32FN7O3S/c1-20(40)34-14-21-3-5-22(6-4-21)29-27-28(36-37(29)2)30(41)39(18-35-27)17-31(42)9-11-38(12-10-31)16-24-8-7-23(13-25(24)32)26-15-33-19-43-26/h3-8,13,15,18-19,42H,9-12,14,16-17H2,1-2H3,(H,34,40). The topological polar surface area (TPSA) is 118 Å². The summed E-state index contributed by atoms with van der Waals surface area (Å²) in [4.78, 5) is 36.3. The van der Waals surface area contributed by atoms with Crippen molar-refractivity contribution in [3.8, 4) is 21.7 Å². The van der Waals surface area contributed by atoms with Crippen LogP contribution in [0.2, 0.25) is 0 Å². The number of benzene rings is 2. The number of halogens is 1. The van der Waals surface area contributed by atoms with Crippen LogP contribution in [0, 0.1) is 5.82 Å². The lowest BCUT2D eigenvalue weighted by atomic mass is 9.91. The number of nitrogens with zero attached hydrogens (tertiary/aromatic N) is 6. The van der Waals surface area contributed by atoms with Crippen LogP contribution in [0.3, 0.4) is 0 Å². The van der Waals surface area contributed by atoms with Gasteiger partial charge < -0.3 is 10.4 Å². The van der Waals surface area contributed by atoms with Crippen LogP contribution in [0.25, 0.3) is 32.7 Å². The minimum Gasteiger partial charge on any atom is -0.388 e. The van der Waals surface area contributed by atoms with Gasteiger partial charge >= 0.3 is 0 Å². The molecule has 12 heteroatoms. The second kappa shape index (κ2) is 11.8. The second-order valence-corrected chi connectivity index (χ2v) is 12.0. The van der Waals surface area contributed by atoms with Crippen LogP contribution in [-0.2, 0) is 31.5 Å². The van der Waals surface area contributed by atoms with Crippen molar-refractivity contribution in [1.29, 1.82) is 0 Å². The number of hydrogen-bond acceptors (Lipinski definition) is 8. The van der Waals surface area contributed by atoms with Crippen LogP contribution in [0.15, 0.2) is 65.3 Å². The monoisotopic (exact) mass is 601 g/mol. The van der Waals surface area contributed by atoms with E-state index < -0.39 is 5.60 Å². The van der Waals surface area contributed by atoms with Crippen LogP contribution in [0.5, 0.6) is 0 Å². The van der Waals surface area contributed by atoms with Crippen molar-refractivity contribution in [3.05, 3.63) is 87.8 Å². The molecule has 1 saturated heterocycles. The van der Waals surface area contributed by atoms with E-state index >= 15 is 0 Å². The summed E-state index contributed by atoms with van der Waals surface area (Å²) >= 11 is 1.47. The van der Waals surface area contributed by atoms with Crippen molar-refractivity contribution in [1.82, 2.24) is 34.5 Å². The van der Waals surface area contributed by atoms with Crippen molar-refractivity contribution in [2.24, 2.45) is 7.05 Å². The van der Waals surface area contributed by atoms with Crippen molar-refractivity contribution < 1.29 is 14.3 Å². The maximum Gasteiger partial charge on any atom is 0.281 e. The van der Waals surface area contributed by atoms with Crippen molar-refractivity contribution >= 4 is 28.3 Å². The van der Waals surface area contributed by atoms with E-state index in [1.54, 1.807) is 29.5 Å². The molecule has 10 nitrogen and oxygen atoms in total. The average molecular weight is 602 g/mol. The van der Waals surface area contributed by atoms with Gasteiger partial charge in [-0.15, -0.1) is 11.3 Å². The number of carbonyl (C=O) groups is 1.